The first-order valence-corrected chi connectivity index (χ1v) is 13.7. The van der Waals surface area contributed by atoms with Crippen LogP contribution in [0.15, 0.2) is 59.5 Å². The van der Waals surface area contributed by atoms with Crippen LogP contribution >= 0.6 is 11.6 Å². The van der Waals surface area contributed by atoms with Gasteiger partial charge in [0, 0.05) is 34.3 Å². The Morgan fingerprint density at radius 1 is 1.14 bits per heavy atom. The summed E-state index contributed by atoms with van der Waals surface area (Å²) < 4.78 is 23.6. The second-order valence-electron chi connectivity index (χ2n) is 10.7. The molecule has 1 N–H and O–H groups in total. The molecular weight excluding hydrogens is 562 g/mol. The van der Waals surface area contributed by atoms with Gasteiger partial charge in [-0.05, 0) is 63.2 Å². The van der Waals surface area contributed by atoms with E-state index in [4.69, 9.17) is 30.5 Å². The summed E-state index contributed by atoms with van der Waals surface area (Å²) >= 11 is 6.19. The number of benzene rings is 2. The van der Waals surface area contributed by atoms with Crippen molar-refractivity contribution in [3.63, 3.8) is 0 Å². The number of amides is 1. The normalized spacial score (nSPS) is 15.8. The van der Waals surface area contributed by atoms with E-state index < -0.39 is 35.2 Å². The molecule has 2 aromatic carbocycles. The smallest absolute Gasteiger partial charge is 0.338 e. The third-order valence-corrected chi connectivity index (χ3v) is 6.69. The molecule has 0 radical (unpaired) electrons. The zero-order valence-electron chi connectivity index (χ0n) is 23.8. The molecule has 3 aromatic rings. The molecule has 0 saturated carbocycles. The Hall–Kier alpha value is -4.17. The average Bonchev–Trinajstić information content (AvgIpc) is 2.96. The maximum atomic E-state index is 13.7. The number of nitrogens with zero attached hydrogens (tertiary/aromatic N) is 2. The highest BCUT2D eigenvalue weighted by Gasteiger charge is 2.29. The zero-order chi connectivity index (χ0) is 30.4. The van der Waals surface area contributed by atoms with Gasteiger partial charge < -0.3 is 24.3 Å². The molecule has 0 aliphatic carbocycles. The van der Waals surface area contributed by atoms with Crippen LogP contribution in [-0.2, 0) is 19.0 Å². The molecule has 1 saturated heterocycles. The van der Waals surface area contributed by atoms with E-state index >= 15 is 0 Å². The summed E-state index contributed by atoms with van der Waals surface area (Å²) in [5.41, 5.74) is 0.732. The van der Waals surface area contributed by atoms with Crippen molar-refractivity contribution in [2.45, 2.75) is 44.9 Å². The van der Waals surface area contributed by atoms with Crippen LogP contribution in [0.1, 0.15) is 49.2 Å². The maximum absolute atomic E-state index is 13.7. The van der Waals surface area contributed by atoms with Crippen LogP contribution in [0.2, 0.25) is 5.02 Å². The topological polar surface area (TPSA) is 129 Å². The number of nitrogens with one attached hydrogen (secondary N) is 1. The number of carbonyl (C=O) groups is 2. The van der Waals surface area contributed by atoms with Crippen molar-refractivity contribution in [1.82, 2.24) is 4.57 Å². The van der Waals surface area contributed by atoms with E-state index in [1.807, 2.05) is 0 Å². The van der Waals surface area contributed by atoms with E-state index in [1.54, 1.807) is 63.2 Å². The fourth-order valence-electron chi connectivity index (χ4n) is 4.50. The molecule has 42 heavy (non-hydrogen) atoms. The van der Waals surface area contributed by atoms with Crippen molar-refractivity contribution in [3.05, 3.63) is 81.2 Å². The van der Waals surface area contributed by atoms with Gasteiger partial charge in [0.05, 0.1) is 56.4 Å². The maximum Gasteiger partial charge on any atom is 0.338 e. The number of rotatable bonds is 8. The molecule has 1 fully saturated rings. The molecule has 11 heteroatoms. The van der Waals surface area contributed by atoms with Crippen LogP contribution in [0.5, 0.6) is 5.75 Å². The van der Waals surface area contributed by atoms with Crippen LogP contribution in [0.4, 0.5) is 5.69 Å². The third-order valence-electron chi connectivity index (χ3n) is 6.45. The first-order valence-electron chi connectivity index (χ1n) is 13.3. The number of methoxy groups -OCH3 is 1. The SMILES string of the molecule is COc1cn(C(CC2COCCO2)C(=O)Nc2ccc(C(=O)OC(C)(C)C)cc2)c(=O)cc1-c1cc(Cl)ccc1C#N. The van der Waals surface area contributed by atoms with Gasteiger partial charge in [0.2, 0.25) is 5.91 Å². The monoisotopic (exact) mass is 593 g/mol. The molecule has 4 rings (SSSR count). The number of pyridine rings is 1. The van der Waals surface area contributed by atoms with Crippen molar-refractivity contribution in [1.29, 1.82) is 5.26 Å². The Morgan fingerprint density at radius 3 is 2.50 bits per heavy atom. The van der Waals surface area contributed by atoms with E-state index in [9.17, 15) is 19.6 Å². The van der Waals surface area contributed by atoms with Gasteiger partial charge in [-0.15, -0.1) is 0 Å². The first-order chi connectivity index (χ1) is 20.0. The van der Waals surface area contributed by atoms with Gasteiger partial charge in [-0.1, -0.05) is 11.6 Å². The minimum atomic E-state index is -1.01. The molecule has 1 aliphatic rings. The van der Waals surface area contributed by atoms with Crippen molar-refractivity contribution < 1.29 is 28.5 Å². The summed E-state index contributed by atoms with van der Waals surface area (Å²) in [7, 11) is 1.43. The number of ether oxygens (including phenoxy) is 4. The Morgan fingerprint density at radius 2 is 1.88 bits per heavy atom. The Labute approximate surface area is 248 Å². The minimum absolute atomic E-state index is 0.144. The summed E-state index contributed by atoms with van der Waals surface area (Å²) in [4.78, 5) is 39.6. The lowest BCUT2D eigenvalue weighted by molar-refractivity contribution is -0.124. The van der Waals surface area contributed by atoms with Gasteiger partial charge in [0.1, 0.15) is 17.4 Å². The summed E-state index contributed by atoms with van der Waals surface area (Å²) in [5, 5.41) is 12.8. The lowest BCUT2D eigenvalue weighted by Crippen LogP contribution is -2.38. The third kappa shape index (κ3) is 7.56. The molecule has 0 bridgehead atoms. The largest absolute Gasteiger partial charge is 0.495 e. The Bertz CT molecular complexity index is 1550. The van der Waals surface area contributed by atoms with Gasteiger partial charge in [0.15, 0.2) is 0 Å². The number of nitriles is 1. The highest BCUT2D eigenvalue weighted by atomic mass is 35.5. The highest BCUT2D eigenvalue weighted by molar-refractivity contribution is 6.31. The number of esters is 1. The second-order valence-corrected chi connectivity index (χ2v) is 11.1. The summed E-state index contributed by atoms with van der Waals surface area (Å²) in [6.07, 6.45) is 1.16. The Kier molecular flexibility index (Phi) is 9.68. The van der Waals surface area contributed by atoms with Gasteiger partial charge in [-0.3, -0.25) is 14.2 Å². The minimum Gasteiger partial charge on any atom is -0.495 e. The van der Waals surface area contributed by atoms with Crippen molar-refractivity contribution in [2.75, 3.05) is 32.2 Å². The first kappa shape index (κ1) is 30.8. The molecule has 1 aliphatic heterocycles. The van der Waals surface area contributed by atoms with Crippen LogP contribution < -0.4 is 15.6 Å². The molecule has 2 unspecified atom stereocenters. The molecule has 10 nitrogen and oxygen atoms in total. The van der Waals surface area contributed by atoms with Crippen molar-refractivity contribution in [3.8, 4) is 22.9 Å². The average molecular weight is 594 g/mol. The summed E-state index contributed by atoms with van der Waals surface area (Å²) in [5.74, 6) is -0.689. The molecular formula is C31H32ClN3O7. The van der Waals surface area contributed by atoms with E-state index in [0.717, 1.165) is 0 Å². The molecule has 2 heterocycles. The highest BCUT2D eigenvalue weighted by Crippen LogP contribution is 2.34. The second kappa shape index (κ2) is 13.2. The van der Waals surface area contributed by atoms with Gasteiger partial charge in [-0.2, -0.15) is 5.26 Å². The van der Waals surface area contributed by atoms with Crippen LogP contribution in [0, 0.1) is 11.3 Å². The van der Waals surface area contributed by atoms with Gasteiger partial charge in [0.25, 0.3) is 5.56 Å². The van der Waals surface area contributed by atoms with Crippen molar-refractivity contribution >= 4 is 29.2 Å². The van der Waals surface area contributed by atoms with Crippen molar-refractivity contribution in [2.24, 2.45) is 0 Å². The fraction of sp³-hybridized carbons (Fsp3) is 0.355. The zero-order valence-corrected chi connectivity index (χ0v) is 24.6. The lowest BCUT2D eigenvalue weighted by atomic mass is 10.00. The number of anilines is 1. The summed E-state index contributed by atoms with van der Waals surface area (Å²) in [6, 6.07) is 13.4. The predicted molar refractivity (Wildman–Crippen MR) is 157 cm³/mol. The molecule has 2 atom stereocenters. The molecule has 1 amide bonds. The van der Waals surface area contributed by atoms with E-state index in [2.05, 4.69) is 11.4 Å². The quantitative estimate of drug-likeness (QED) is 0.362. The standard InChI is InChI=1S/C31H32ClN3O7/c1-31(2,3)42-30(38)19-6-9-22(10-7-19)34-29(37)26(14-23-18-40-11-12-41-23)35-17-27(39-4)25(15-28(35)36)24-13-21(32)8-5-20(24)16-33/h5-10,13,15,17,23,26H,11-12,14,18H2,1-4H3,(H,34,37). The predicted octanol–water partition coefficient (Wildman–Crippen LogP) is 4.99. The number of aromatic nitrogens is 1. The van der Waals surface area contributed by atoms with Gasteiger partial charge in [-0.25, -0.2) is 4.79 Å². The fourth-order valence-corrected chi connectivity index (χ4v) is 4.68. The lowest BCUT2D eigenvalue weighted by Gasteiger charge is -2.28. The number of carbonyl (C=O) groups excluding carboxylic acids is 2. The van der Waals surface area contributed by atoms with E-state index in [0.29, 0.717) is 46.2 Å². The van der Waals surface area contributed by atoms with Crippen LogP contribution in [-0.4, -0.2) is 55.1 Å². The summed E-state index contributed by atoms with van der Waals surface area (Å²) in [6.45, 7) is 6.42. The number of halogens is 1. The van der Waals surface area contributed by atoms with Gasteiger partial charge >= 0.3 is 5.97 Å². The van der Waals surface area contributed by atoms with E-state index in [1.165, 1.54) is 23.9 Å². The molecule has 0 spiro atoms. The molecule has 220 valence electrons. The Balaban J connectivity index is 1.67. The number of hydrogen-bond acceptors (Lipinski definition) is 8. The molecule has 1 aromatic heterocycles. The van der Waals surface area contributed by atoms with E-state index in [-0.39, 0.29) is 18.8 Å². The van der Waals surface area contributed by atoms with Crippen LogP contribution in [0.25, 0.3) is 11.1 Å². The number of hydrogen-bond donors (Lipinski definition) is 1. The van der Waals surface area contributed by atoms with Crippen LogP contribution in [0.3, 0.4) is 0 Å².